The van der Waals surface area contributed by atoms with Gasteiger partial charge in [-0.25, -0.2) is 0 Å². The standard InChI is InChI=1S/C25H20N2O2/c1-17-21(18-8-3-2-4-9-18)11-7-12-22(17)25(29)27-24(28)20-13-14-23-19(16-20)10-5-6-15-26-23/h2-16,26H,1H3,(H,27,28,29). The van der Waals surface area contributed by atoms with Crippen molar-refractivity contribution in [1.29, 1.82) is 0 Å². The fraction of sp³-hybridized carbons (Fsp3) is 0.0400. The largest absolute Gasteiger partial charge is 0.361 e. The van der Waals surface area contributed by atoms with Crippen LogP contribution in [0.3, 0.4) is 0 Å². The minimum Gasteiger partial charge on any atom is -0.361 e. The van der Waals surface area contributed by atoms with Crippen molar-refractivity contribution >= 4 is 23.6 Å². The van der Waals surface area contributed by atoms with Crippen LogP contribution in [0.1, 0.15) is 31.8 Å². The summed E-state index contributed by atoms with van der Waals surface area (Å²) in [4.78, 5) is 25.5. The summed E-state index contributed by atoms with van der Waals surface area (Å²) in [5, 5.41) is 5.66. The molecule has 4 heteroatoms. The zero-order valence-electron chi connectivity index (χ0n) is 16.0. The van der Waals surface area contributed by atoms with Gasteiger partial charge in [-0.1, -0.05) is 54.6 Å². The number of carbonyl (C=O) groups excluding carboxylic acids is 2. The first-order valence-corrected chi connectivity index (χ1v) is 9.38. The lowest BCUT2D eigenvalue weighted by molar-refractivity contribution is 0.0849. The number of rotatable bonds is 3. The molecule has 0 aliphatic carbocycles. The second kappa shape index (κ2) is 7.98. The second-order valence-electron chi connectivity index (χ2n) is 6.79. The number of allylic oxidation sites excluding steroid dienone is 2. The lowest BCUT2D eigenvalue weighted by Gasteiger charge is -2.12. The number of benzene rings is 3. The average molecular weight is 380 g/mol. The average Bonchev–Trinajstić information content (AvgIpc) is 2.99. The summed E-state index contributed by atoms with van der Waals surface area (Å²) in [6.07, 6.45) is 7.52. The Labute approximate surface area is 169 Å². The normalized spacial score (nSPS) is 11.9. The van der Waals surface area contributed by atoms with Crippen LogP contribution in [0.25, 0.3) is 17.2 Å². The molecule has 1 aliphatic heterocycles. The van der Waals surface area contributed by atoms with Crippen molar-refractivity contribution in [3.63, 3.8) is 0 Å². The van der Waals surface area contributed by atoms with Crippen LogP contribution in [0.4, 0.5) is 5.69 Å². The van der Waals surface area contributed by atoms with Crippen molar-refractivity contribution in [2.75, 3.05) is 5.32 Å². The van der Waals surface area contributed by atoms with Crippen molar-refractivity contribution < 1.29 is 9.59 Å². The highest BCUT2D eigenvalue weighted by atomic mass is 16.2. The number of nitrogens with one attached hydrogen (secondary N) is 2. The molecule has 2 N–H and O–H groups in total. The molecule has 0 bridgehead atoms. The smallest absolute Gasteiger partial charge is 0.258 e. The molecule has 0 unspecified atom stereocenters. The van der Waals surface area contributed by atoms with Gasteiger partial charge in [0.2, 0.25) is 0 Å². The van der Waals surface area contributed by atoms with Gasteiger partial charge in [-0.15, -0.1) is 0 Å². The first kappa shape index (κ1) is 18.4. The Balaban J connectivity index is 1.57. The van der Waals surface area contributed by atoms with Crippen LogP contribution in [-0.4, -0.2) is 11.8 Å². The van der Waals surface area contributed by atoms with Crippen LogP contribution in [0.2, 0.25) is 0 Å². The van der Waals surface area contributed by atoms with Crippen molar-refractivity contribution in [3.05, 3.63) is 107 Å². The van der Waals surface area contributed by atoms with Gasteiger partial charge in [0.05, 0.1) is 0 Å². The number of amides is 2. The fourth-order valence-electron chi connectivity index (χ4n) is 3.38. The third-order valence-corrected chi connectivity index (χ3v) is 4.93. The van der Waals surface area contributed by atoms with Gasteiger partial charge in [0.15, 0.2) is 0 Å². The number of anilines is 1. The summed E-state index contributed by atoms with van der Waals surface area (Å²) in [5.74, 6) is -0.830. The van der Waals surface area contributed by atoms with Crippen LogP contribution in [0.15, 0.2) is 85.1 Å². The zero-order valence-corrected chi connectivity index (χ0v) is 16.0. The van der Waals surface area contributed by atoms with E-state index in [1.54, 1.807) is 18.2 Å². The summed E-state index contributed by atoms with van der Waals surface area (Å²) in [7, 11) is 0. The van der Waals surface area contributed by atoms with Crippen molar-refractivity contribution in [1.82, 2.24) is 5.32 Å². The number of hydrogen-bond acceptors (Lipinski definition) is 3. The van der Waals surface area contributed by atoms with E-state index in [-0.39, 0.29) is 0 Å². The summed E-state index contributed by atoms with van der Waals surface area (Å²) in [6, 6.07) is 20.7. The van der Waals surface area contributed by atoms with Crippen LogP contribution in [0.5, 0.6) is 0 Å². The number of imide groups is 1. The second-order valence-corrected chi connectivity index (χ2v) is 6.79. The first-order valence-electron chi connectivity index (χ1n) is 9.38. The van der Waals surface area contributed by atoms with Gasteiger partial charge >= 0.3 is 0 Å². The summed E-state index contributed by atoms with van der Waals surface area (Å²) in [6.45, 7) is 1.90. The minimum absolute atomic E-state index is 0.407. The molecule has 1 heterocycles. The van der Waals surface area contributed by atoms with Crippen LogP contribution in [-0.2, 0) is 0 Å². The van der Waals surface area contributed by atoms with Crippen LogP contribution >= 0.6 is 0 Å². The summed E-state index contributed by atoms with van der Waals surface area (Å²) >= 11 is 0. The van der Waals surface area contributed by atoms with E-state index in [1.807, 2.05) is 79.9 Å². The maximum Gasteiger partial charge on any atom is 0.258 e. The molecule has 0 atom stereocenters. The molecule has 142 valence electrons. The quantitative estimate of drug-likeness (QED) is 0.615. The van der Waals surface area contributed by atoms with Crippen molar-refractivity contribution in [3.8, 4) is 11.1 Å². The van der Waals surface area contributed by atoms with Gasteiger partial charge in [0, 0.05) is 23.0 Å². The molecule has 1 aliphatic rings. The Kier molecular flexibility index (Phi) is 5.08. The lowest BCUT2D eigenvalue weighted by atomic mass is 9.96. The first-order chi connectivity index (χ1) is 14.1. The summed E-state index contributed by atoms with van der Waals surface area (Å²) in [5.41, 5.74) is 5.55. The van der Waals surface area contributed by atoms with E-state index in [9.17, 15) is 9.59 Å². The predicted octanol–water partition coefficient (Wildman–Crippen LogP) is 5.18. The van der Waals surface area contributed by atoms with E-state index in [4.69, 9.17) is 0 Å². The van der Waals surface area contributed by atoms with Crippen LogP contribution in [0, 0.1) is 6.92 Å². The maximum atomic E-state index is 12.8. The molecule has 0 saturated carbocycles. The Morgan fingerprint density at radius 3 is 2.52 bits per heavy atom. The SMILES string of the molecule is Cc1c(C(=O)NC(=O)c2ccc3c(c2)C=CC=CN3)cccc1-c1ccccc1. The predicted molar refractivity (Wildman–Crippen MR) is 117 cm³/mol. The topological polar surface area (TPSA) is 58.2 Å². The highest BCUT2D eigenvalue weighted by Gasteiger charge is 2.17. The molecule has 0 radical (unpaired) electrons. The molecule has 29 heavy (non-hydrogen) atoms. The molecule has 3 aromatic carbocycles. The maximum absolute atomic E-state index is 12.8. The van der Waals surface area contributed by atoms with Gasteiger partial charge in [-0.2, -0.15) is 0 Å². The fourth-order valence-corrected chi connectivity index (χ4v) is 3.38. The van der Waals surface area contributed by atoms with Gasteiger partial charge in [0.25, 0.3) is 11.8 Å². The minimum atomic E-state index is -0.423. The number of hydrogen-bond donors (Lipinski definition) is 2. The third-order valence-electron chi connectivity index (χ3n) is 4.93. The highest BCUT2D eigenvalue weighted by Crippen LogP contribution is 2.26. The molecule has 0 saturated heterocycles. The summed E-state index contributed by atoms with van der Waals surface area (Å²) < 4.78 is 0. The number of fused-ring (bicyclic) bond motifs is 1. The molecule has 3 aromatic rings. The van der Waals surface area contributed by atoms with Crippen LogP contribution < -0.4 is 10.6 Å². The molecule has 4 rings (SSSR count). The van der Waals surface area contributed by atoms with E-state index in [2.05, 4.69) is 10.6 Å². The Morgan fingerprint density at radius 2 is 1.69 bits per heavy atom. The zero-order chi connectivity index (χ0) is 20.2. The van der Waals surface area contributed by atoms with Gasteiger partial charge < -0.3 is 5.32 Å². The monoisotopic (exact) mass is 380 g/mol. The van der Waals surface area contributed by atoms with Gasteiger partial charge in [-0.05, 0) is 59.5 Å². The van der Waals surface area contributed by atoms with Gasteiger partial charge in [0.1, 0.15) is 0 Å². The number of carbonyl (C=O) groups is 2. The van der Waals surface area contributed by atoms with E-state index in [1.165, 1.54) is 0 Å². The van der Waals surface area contributed by atoms with E-state index in [0.29, 0.717) is 11.1 Å². The third kappa shape index (κ3) is 3.87. The van der Waals surface area contributed by atoms with Crippen molar-refractivity contribution in [2.24, 2.45) is 0 Å². The molecule has 2 amide bonds. The Morgan fingerprint density at radius 1 is 0.862 bits per heavy atom. The Hall–Kier alpha value is -3.92. The van der Waals surface area contributed by atoms with Gasteiger partial charge in [-0.3, -0.25) is 14.9 Å². The molecule has 0 aromatic heterocycles. The molecular weight excluding hydrogens is 360 g/mol. The van der Waals surface area contributed by atoms with Crippen molar-refractivity contribution in [2.45, 2.75) is 6.92 Å². The highest BCUT2D eigenvalue weighted by molar-refractivity contribution is 6.11. The molecule has 0 fully saturated rings. The molecule has 0 spiro atoms. The van der Waals surface area contributed by atoms with E-state index >= 15 is 0 Å². The molecular formula is C25H20N2O2. The van der Waals surface area contributed by atoms with E-state index in [0.717, 1.165) is 27.9 Å². The van der Waals surface area contributed by atoms with E-state index < -0.39 is 11.8 Å². The molecule has 4 nitrogen and oxygen atoms in total. The lowest BCUT2D eigenvalue weighted by Crippen LogP contribution is -2.31. The Bertz CT molecular complexity index is 1140.